The zero-order chi connectivity index (χ0) is 23.4. The normalized spacial score (nSPS) is 25.4. The van der Waals surface area contributed by atoms with Gasteiger partial charge in [-0.2, -0.15) is 0 Å². The first-order valence-electron chi connectivity index (χ1n) is 12.0. The number of benzene rings is 1. The fourth-order valence-electron chi connectivity index (χ4n) is 5.08. The molecule has 0 spiro atoms. The highest BCUT2D eigenvalue weighted by atomic mass is 32.1. The van der Waals surface area contributed by atoms with Crippen molar-refractivity contribution < 1.29 is 9.59 Å². The van der Waals surface area contributed by atoms with E-state index in [1.165, 1.54) is 16.0 Å². The predicted molar refractivity (Wildman–Crippen MR) is 133 cm³/mol. The van der Waals surface area contributed by atoms with Gasteiger partial charge in [-0.3, -0.25) is 14.5 Å². The molecule has 1 saturated carbocycles. The molecule has 3 N–H and O–H groups in total. The molecular weight excluding hydrogens is 432 g/mol. The van der Waals surface area contributed by atoms with Crippen molar-refractivity contribution in [2.24, 2.45) is 5.73 Å². The number of amides is 2. The largest absolute Gasteiger partial charge is 0.352 e. The molecule has 2 amide bonds. The van der Waals surface area contributed by atoms with Gasteiger partial charge < -0.3 is 16.0 Å². The fourth-order valence-corrected chi connectivity index (χ4v) is 5.81. The number of likely N-dealkylation sites (tertiary alicyclic amines) is 1. The molecule has 2 aliphatic rings. The minimum atomic E-state index is -0.410. The lowest BCUT2D eigenvalue weighted by atomic mass is 9.91. The number of aryl methyl sites for hydroxylation is 1. The van der Waals surface area contributed by atoms with Gasteiger partial charge in [0.1, 0.15) is 6.04 Å². The molecule has 1 aromatic carbocycles. The standard InChI is InChI=1S/C26H36N4O2S/c1-18-5-7-20(8-6-18)15-29(17-24-4-3-13-33-24)23-14-25(30(16-23)19(2)31)26(32)28-22-11-9-21(27)10-12-22/h3-8,13,21-23,25H,9-12,14-17,27H2,1-2H3,(H,28,32). The second-order valence-corrected chi connectivity index (χ2v) is 10.7. The van der Waals surface area contributed by atoms with Crippen molar-refractivity contribution in [2.45, 2.75) is 83.2 Å². The summed E-state index contributed by atoms with van der Waals surface area (Å²) in [5, 5.41) is 5.32. The Kier molecular flexibility index (Phi) is 7.83. The van der Waals surface area contributed by atoms with Crippen LogP contribution in [0.2, 0.25) is 0 Å². The average Bonchev–Trinajstić information content (AvgIpc) is 3.46. The van der Waals surface area contributed by atoms with Crippen LogP contribution < -0.4 is 11.1 Å². The molecule has 1 aromatic heterocycles. The molecule has 7 heteroatoms. The van der Waals surface area contributed by atoms with Crippen LogP contribution in [0, 0.1) is 6.92 Å². The number of nitrogens with zero attached hydrogens (tertiary/aromatic N) is 2. The fraction of sp³-hybridized carbons (Fsp3) is 0.538. The zero-order valence-electron chi connectivity index (χ0n) is 19.7. The Labute approximate surface area is 201 Å². The minimum Gasteiger partial charge on any atom is -0.352 e. The van der Waals surface area contributed by atoms with E-state index in [-0.39, 0.29) is 29.9 Å². The summed E-state index contributed by atoms with van der Waals surface area (Å²) in [6.07, 6.45) is 4.39. The number of thiophene rings is 1. The molecule has 33 heavy (non-hydrogen) atoms. The van der Waals surface area contributed by atoms with Crippen molar-refractivity contribution in [2.75, 3.05) is 6.54 Å². The van der Waals surface area contributed by atoms with Gasteiger partial charge in [0, 0.05) is 49.6 Å². The van der Waals surface area contributed by atoms with E-state index in [2.05, 4.69) is 58.9 Å². The number of rotatable bonds is 7. The molecule has 178 valence electrons. The van der Waals surface area contributed by atoms with Crippen LogP contribution in [0.25, 0.3) is 0 Å². The smallest absolute Gasteiger partial charge is 0.243 e. The van der Waals surface area contributed by atoms with E-state index in [9.17, 15) is 9.59 Å². The average molecular weight is 469 g/mol. The Morgan fingerprint density at radius 3 is 2.48 bits per heavy atom. The van der Waals surface area contributed by atoms with Gasteiger partial charge in [0.15, 0.2) is 0 Å². The van der Waals surface area contributed by atoms with E-state index in [0.717, 1.165) is 38.8 Å². The third-order valence-corrected chi connectivity index (χ3v) is 7.93. The topological polar surface area (TPSA) is 78.7 Å². The summed E-state index contributed by atoms with van der Waals surface area (Å²) >= 11 is 1.75. The Balaban J connectivity index is 1.48. The summed E-state index contributed by atoms with van der Waals surface area (Å²) in [5.41, 5.74) is 8.51. The van der Waals surface area contributed by atoms with E-state index in [1.54, 1.807) is 23.2 Å². The number of carbonyl (C=O) groups is 2. The number of carbonyl (C=O) groups excluding carboxylic acids is 2. The second-order valence-electron chi connectivity index (χ2n) is 9.67. The van der Waals surface area contributed by atoms with Crippen LogP contribution in [0.1, 0.15) is 55.0 Å². The highest BCUT2D eigenvalue weighted by molar-refractivity contribution is 7.09. The van der Waals surface area contributed by atoms with Crippen LogP contribution in [0.15, 0.2) is 41.8 Å². The lowest BCUT2D eigenvalue weighted by Gasteiger charge is -2.29. The summed E-state index contributed by atoms with van der Waals surface area (Å²) in [4.78, 5) is 31.2. The second kappa shape index (κ2) is 10.8. The SMILES string of the molecule is CC(=O)N1CC(N(Cc2ccc(C)cc2)Cc2cccs2)CC1C(=O)NC1CCC(N)CC1. The van der Waals surface area contributed by atoms with Crippen molar-refractivity contribution in [3.05, 3.63) is 57.8 Å². The summed E-state index contributed by atoms with van der Waals surface area (Å²) in [6.45, 7) is 5.87. The molecule has 2 heterocycles. The van der Waals surface area contributed by atoms with E-state index in [0.29, 0.717) is 13.0 Å². The highest BCUT2D eigenvalue weighted by Crippen LogP contribution is 2.27. The van der Waals surface area contributed by atoms with E-state index < -0.39 is 6.04 Å². The lowest BCUT2D eigenvalue weighted by molar-refractivity contribution is -0.137. The van der Waals surface area contributed by atoms with Gasteiger partial charge in [-0.15, -0.1) is 11.3 Å². The van der Waals surface area contributed by atoms with Crippen LogP contribution in [0.4, 0.5) is 0 Å². The van der Waals surface area contributed by atoms with Gasteiger partial charge in [0.25, 0.3) is 0 Å². The summed E-state index contributed by atoms with van der Waals surface area (Å²) in [5.74, 6) is -0.0469. The first-order chi connectivity index (χ1) is 15.9. The molecule has 2 fully saturated rings. The molecule has 0 bridgehead atoms. The Bertz CT molecular complexity index is 922. The van der Waals surface area contributed by atoms with Crippen LogP contribution >= 0.6 is 11.3 Å². The maximum atomic E-state index is 13.2. The summed E-state index contributed by atoms with van der Waals surface area (Å²) < 4.78 is 0. The van der Waals surface area contributed by atoms with Gasteiger partial charge in [-0.05, 0) is 56.0 Å². The van der Waals surface area contributed by atoms with Crippen LogP contribution in [0.5, 0.6) is 0 Å². The Morgan fingerprint density at radius 2 is 1.85 bits per heavy atom. The number of nitrogens with two attached hydrogens (primary N) is 1. The van der Waals surface area contributed by atoms with Gasteiger partial charge in [-0.25, -0.2) is 0 Å². The maximum absolute atomic E-state index is 13.2. The number of hydrogen-bond donors (Lipinski definition) is 2. The van der Waals surface area contributed by atoms with Crippen molar-refractivity contribution in [1.29, 1.82) is 0 Å². The molecule has 4 rings (SSSR count). The molecular formula is C26H36N4O2S. The molecule has 1 aliphatic heterocycles. The summed E-state index contributed by atoms with van der Waals surface area (Å²) in [6, 6.07) is 13.0. The van der Waals surface area contributed by atoms with Gasteiger partial charge >= 0.3 is 0 Å². The Morgan fingerprint density at radius 1 is 1.12 bits per heavy atom. The van der Waals surface area contributed by atoms with E-state index in [1.807, 2.05) is 0 Å². The van der Waals surface area contributed by atoms with Crippen molar-refractivity contribution >= 4 is 23.2 Å². The monoisotopic (exact) mass is 468 g/mol. The molecule has 2 atom stereocenters. The highest BCUT2D eigenvalue weighted by Gasteiger charge is 2.41. The molecule has 1 aliphatic carbocycles. The maximum Gasteiger partial charge on any atom is 0.243 e. The molecule has 0 radical (unpaired) electrons. The lowest BCUT2D eigenvalue weighted by Crippen LogP contribution is -2.49. The third-order valence-electron chi connectivity index (χ3n) is 7.07. The number of hydrogen-bond acceptors (Lipinski definition) is 5. The quantitative estimate of drug-likeness (QED) is 0.653. The molecule has 1 saturated heterocycles. The van der Waals surface area contributed by atoms with Gasteiger partial charge in [-0.1, -0.05) is 35.9 Å². The predicted octanol–water partition coefficient (Wildman–Crippen LogP) is 3.43. The third kappa shape index (κ3) is 6.22. The van der Waals surface area contributed by atoms with E-state index >= 15 is 0 Å². The van der Waals surface area contributed by atoms with Crippen LogP contribution in [-0.4, -0.2) is 52.3 Å². The minimum absolute atomic E-state index is 0.0143. The van der Waals surface area contributed by atoms with Crippen LogP contribution in [-0.2, 0) is 22.7 Å². The number of nitrogens with one attached hydrogen (secondary N) is 1. The van der Waals surface area contributed by atoms with Crippen LogP contribution in [0.3, 0.4) is 0 Å². The molecule has 2 aromatic rings. The van der Waals surface area contributed by atoms with E-state index in [4.69, 9.17) is 5.73 Å². The summed E-state index contributed by atoms with van der Waals surface area (Å²) in [7, 11) is 0. The first kappa shape index (κ1) is 23.9. The van der Waals surface area contributed by atoms with Crippen molar-refractivity contribution in [1.82, 2.24) is 15.1 Å². The molecule has 6 nitrogen and oxygen atoms in total. The Hall–Kier alpha value is -2.22. The van der Waals surface area contributed by atoms with Crippen molar-refractivity contribution in [3.8, 4) is 0 Å². The van der Waals surface area contributed by atoms with Gasteiger partial charge in [0.2, 0.25) is 11.8 Å². The first-order valence-corrected chi connectivity index (χ1v) is 12.9. The zero-order valence-corrected chi connectivity index (χ0v) is 20.5. The van der Waals surface area contributed by atoms with Crippen molar-refractivity contribution in [3.63, 3.8) is 0 Å². The van der Waals surface area contributed by atoms with Gasteiger partial charge in [0.05, 0.1) is 0 Å². The molecule has 2 unspecified atom stereocenters.